The molecule has 0 N–H and O–H groups in total. The Bertz CT molecular complexity index is 610. The molecule has 112 valence electrons. The molecule has 4 nitrogen and oxygen atoms in total. The Morgan fingerprint density at radius 2 is 2.29 bits per heavy atom. The second kappa shape index (κ2) is 6.16. The van der Waals surface area contributed by atoms with Gasteiger partial charge in [0.05, 0.1) is 6.04 Å². The first-order valence-electron chi connectivity index (χ1n) is 7.48. The lowest BCUT2D eigenvalue weighted by molar-refractivity contribution is 0.233. The van der Waals surface area contributed by atoms with Crippen molar-refractivity contribution in [1.29, 1.82) is 0 Å². The Balaban J connectivity index is 1.73. The molecule has 3 rings (SSSR count). The fraction of sp³-hybridized carbons (Fsp3) is 0.500. The van der Waals surface area contributed by atoms with Crippen LogP contribution in [0.5, 0.6) is 0 Å². The quantitative estimate of drug-likeness (QED) is 0.868. The first-order valence-corrected chi connectivity index (χ1v) is 7.86. The monoisotopic (exact) mass is 304 g/mol. The van der Waals surface area contributed by atoms with Crippen molar-refractivity contribution in [2.24, 2.45) is 7.05 Å². The van der Waals surface area contributed by atoms with Crippen LogP contribution in [0.3, 0.4) is 0 Å². The zero-order valence-electron chi connectivity index (χ0n) is 12.5. The Labute approximate surface area is 130 Å². The van der Waals surface area contributed by atoms with Gasteiger partial charge in [0.25, 0.3) is 0 Å². The first-order chi connectivity index (χ1) is 10.1. The van der Waals surface area contributed by atoms with E-state index in [0.29, 0.717) is 12.0 Å². The van der Waals surface area contributed by atoms with Crippen LogP contribution in [0.1, 0.15) is 43.1 Å². The van der Waals surface area contributed by atoms with Crippen molar-refractivity contribution in [3.63, 3.8) is 0 Å². The molecule has 0 aliphatic carbocycles. The molecule has 2 heterocycles. The Morgan fingerprint density at radius 1 is 1.43 bits per heavy atom. The molecule has 0 amide bonds. The normalized spacial score (nSPS) is 20.8. The summed E-state index contributed by atoms with van der Waals surface area (Å²) in [5, 5.41) is 9.12. The molecule has 1 aliphatic rings. The van der Waals surface area contributed by atoms with E-state index in [9.17, 15) is 0 Å². The third-order valence-corrected chi connectivity index (χ3v) is 4.57. The second-order valence-corrected chi connectivity index (χ2v) is 6.35. The number of aryl methyl sites for hydroxylation is 1. The number of halogens is 1. The highest BCUT2D eigenvalue weighted by Gasteiger charge is 2.30. The van der Waals surface area contributed by atoms with Crippen LogP contribution in [-0.4, -0.2) is 32.8 Å². The summed E-state index contributed by atoms with van der Waals surface area (Å²) in [6.07, 6.45) is 4.17. The molecule has 1 aromatic heterocycles. The van der Waals surface area contributed by atoms with Crippen LogP contribution in [-0.2, 0) is 7.05 Å². The zero-order valence-corrected chi connectivity index (χ0v) is 13.3. The number of benzene rings is 1. The summed E-state index contributed by atoms with van der Waals surface area (Å²) in [6.45, 7) is 4.41. The van der Waals surface area contributed by atoms with Gasteiger partial charge >= 0.3 is 0 Å². The highest BCUT2D eigenvalue weighted by Crippen LogP contribution is 2.32. The van der Waals surface area contributed by atoms with Gasteiger partial charge in [-0.2, -0.15) is 0 Å². The highest BCUT2D eigenvalue weighted by molar-refractivity contribution is 6.30. The van der Waals surface area contributed by atoms with Gasteiger partial charge in [-0.25, -0.2) is 0 Å². The van der Waals surface area contributed by atoms with Crippen LogP contribution in [0.4, 0.5) is 0 Å². The van der Waals surface area contributed by atoms with Crippen molar-refractivity contribution in [3.05, 3.63) is 47.0 Å². The molecule has 0 radical (unpaired) electrons. The molecule has 2 aromatic rings. The van der Waals surface area contributed by atoms with Crippen molar-refractivity contribution in [2.75, 3.05) is 13.1 Å². The summed E-state index contributed by atoms with van der Waals surface area (Å²) in [5.74, 6) is 1.53. The summed E-state index contributed by atoms with van der Waals surface area (Å²) in [5.41, 5.74) is 1.30. The average molecular weight is 305 g/mol. The lowest BCUT2D eigenvalue weighted by Crippen LogP contribution is -2.29. The van der Waals surface area contributed by atoms with Crippen LogP contribution in [0.25, 0.3) is 0 Å². The van der Waals surface area contributed by atoms with Crippen molar-refractivity contribution in [1.82, 2.24) is 19.7 Å². The number of aromatic nitrogens is 3. The maximum atomic E-state index is 6.10. The Hall–Kier alpha value is -1.39. The molecular formula is C16H21ClN4. The number of likely N-dealkylation sites (tertiary alicyclic amines) is 1. The highest BCUT2D eigenvalue weighted by atomic mass is 35.5. The predicted octanol–water partition coefficient (Wildman–Crippen LogP) is 3.41. The van der Waals surface area contributed by atoms with E-state index in [2.05, 4.69) is 34.2 Å². The number of hydrogen-bond acceptors (Lipinski definition) is 3. The van der Waals surface area contributed by atoms with Crippen LogP contribution in [0.15, 0.2) is 30.6 Å². The van der Waals surface area contributed by atoms with Gasteiger partial charge in [0, 0.05) is 18.6 Å². The van der Waals surface area contributed by atoms with Gasteiger partial charge in [-0.15, -0.1) is 10.2 Å². The summed E-state index contributed by atoms with van der Waals surface area (Å²) in [4.78, 5) is 2.52. The maximum absolute atomic E-state index is 6.10. The summed E-state index contributed by atoms with van der Waals surface area (Å²) >= 11 is 6.10. The van der Waals surface area contributed by atoms with E-state index in [1.165, 1.54) is 12.0 Å². The standard InChI is InChI=1S/C16H21ClN4/c1-12(13-5-3-6-14(17)9-13)10-21-8-4-7-15(21)16-19-18-11-20(16)2/h3,5-6,9,11-12,15H,4,7-8,10H2,1-2H3/t12-,15+/m0/s1. The first kappa shape index (κ1) is 14.5. The molecule has 0 unspecified atom stereocenters. The molecule has 21 heavy (non-hydrogen) atoms. The van der Waals surface area contributed by atoms with E-state index in [1.54, 1.807) is 6.33 Å². The Kier molecular flexibility index (Phi) is 4.27. The fourth-order valence-electron chi connectivity index (χ4n) is 3.20. The van der Waals surface area contributed by atoms with E-state index in [4.69, 9.17) is 11.6 Å². The SMILES string of the molecule is C[C@@H](CN1CCC[C@@H]1c1nncn1C)c1cccc(Cl)c1. The molecule has 5 heteroatoms. The third-order valence-electron chi connectivity index (χ3n) is 4.33. The Morgan fingerprint density at radius 3 is 3.00 bits per heavy atom. The minimum Gasteiger partial charge on any atom is -0.319 e. The van der Waals surface area contributed by atoms with E-state index < -0.39 is 0 Å². The van der Waals surface area contributed by atoms with Gasteiger partial charge < -0.3 is 4.57 Å². The van der Waals surface area contributed by atoms with Gasteiger partial charge in [-0.05, 0) is 43.0 Å². The fourth-order valence-corrected chi connectivity index (χ4v) is 3.40. The predicted molar refractivity (Wildman–Crippen MR) is 84.4 cm³/mol. The lowest BCUT2D eigenvalue weighted by atomic mass is 10.0. The lowest BCUT2D eigenvalue weighted by Gasteiger charge is -2.27. The van der Waals surface area contributed by atoms with E-state index in [0.717, 1.165) is 30.4 Å². The molecular weight excluding hydrogens is 284 g/mol. The number of hydrogen-bond donors (Lipinski definition) is 0. The summed E-state index contributed by atoms with van der Waals surface area (Å²) in [7, 11) is 2.02. The number of nitrogens with zero attached hydrogens (tertiary/aromatic N) is 4. The van der Waals surface area contributed by atoms with E-state index in [-0.39, 0.29) is 0 Å². The average Bonchev–Trinajstić information content (AvgIpc) is 3.07. The van der Waals surface area contributed by atoms with E-state index >= 15 is 0 Å². The second-order valence-electron chi connectivity index (χ2n) is 5.91. The molecule has 1 saturated heterocycles. The third kappa shape index (κ3) is 3.11. The van der Waals surface area contributed by atoms with Gasteiger partial charge in [0.15, 0.2) is 0 Å². The van der Waals surface area contributed by atoms with Crippen molar-refractivity contribution >= 4 is 11.6 Å². The van der Waals surface area contributed by atoms with Crippen LogP contribution >= 0.6 is 11.6 Å². The summed E-state index contributed by atoms with van der Waals surface area (Å²) < 4.78 is 2.03. The van der Waals surface area contributed by atoms with Crippen molar-refractivity contribution < 1.29 is 0 Å². The molecule has 0 bridgehead atoms. The van der Waals surface area contributed by atoms with Gasteiger partial charge in [-0.1, -0.05) is 30.7 Å². The minimum atomic E-state index is 0.388. The number of rotatable bonds is 4. The molecule has 1 aliphatic heterocycles. The molecule has 0 saturated carbocycles. The topological polar surface area (TPSA) is 34.0 Å². The molecule has 1 fully saturated rings. The molecule has 2 atom stereocenters. The largest absolute Gasteiger partial charge is 0.319 e. The van der Waals surface area contributed by atoms with Gasteiger partial charge in [0.1, 0.15) is 12.2 Å². The maximum Gasteiger partial charge on any atom is 0.149 e. The van der Waals surface area contributed by atoms with Crippen molar-refractivity contribution in [2.45, 2.75) is 31.7 Å². The van der Waals surface area contributed by atoms with Crippen molar-refractivity contribution in [3.8, 4) is 0 Å². The molecule has 0 spiro atoms. The zero-order chi connectivity index (χ0) is 14.8. The molecule has 1 aromatic carbocycles. The minimum absolute atomic E-state index is 0.388. The van der Waals surface area contributed by atoms with Gasteiger partial charge in [0.2, 0.25) is 0 Å². The van der Waals surface area contributed by atoms with E-state index in [1.807, 2.05) is 23.7 Å². The summed E-state index contributed by atoms with van der Waals surface area (Å²) in [6, 6.07) is 8.57. The smallest absolute Gasteiger partial charge is 0.149 e. The van der Waals surface area contributed by atoms with Crippen LogP contribution in [0.2, 0.25) is 5.02 Å². The van der Waals surface area contributed by atoms with Crippen LogP contribution < -0.4 is 0 Å². The van der Waals surface area contributed by atoms with Gasteiger partial charge in [-0.3, -0.25) is 4.90 Å². The van der Waals surface area contributed by atoms with Crippen LogP contribution in [0, 0.1) is 0 Å².